The predicted molar refractivity (Wildman–Crippen MR) is 68.3 cm³/mol. The molecule has 0 saturated heterocycles. The van der Waals surface area contributed by atoms with Crippen molar-refractivity contribution in [2.75, 3.05) is 18.6 Å². The normalized spacial score (nSPS) is 16.0. The fraction of sp³-hybridized carbons (Fsp3) is 0.500. The third kappa shape index (κ3) is 2.07. The van der Waals surface area contributed by atoms with Crippen LogP contribution in [-0.2, 0) is 16.6 Å². The van der Waals surface area contributed by atoms with Crippen molar-refractivity contribution in [3.8, 4) is 0 Å². The summed E-state index contributed by atoms with van der Waals surface area (Å²) in [5.41, 5.74) is 3.00. The zero-order valence-electron chi connectivity index (χ0n) is 10.7. The van der Waals surface area contributed by atoms with Crippen LogP contribution < -0.4 is 4.90 Å². The first-order valence-electron chi connectivity index (χ1n) is 5.96. The van der Waals surface area contributed by atoms with Gasteiger partial charge in [-0.15, -0.1) is 0 Å². The number of carbonyl (C=O) groups excluding carboxylic acids is 1. The topological polar surface area (TPSA) is 40.5 Å². The van der Waals surface area contributed by atoms with Crippen molar-refractivity contribution in [1.29, 1.82) is 0 Å². The van der Waals surface area contributed by atoms with Crippen LogP contribution in [0.4, 0.5) is 5.69 Å². The van der Waals surface area contributed by atoms with E-state index in [1.165, 1.54) is 5.56 Å². The number of rotatable bonds is 2. The first-order chi connectivity index (χ1) is 7.95. The van der Waals surface area contributed by atoms with Gasteiger partial charge in [-0.05, 0) is 23.6 Å². The van der Waals surface area contributed by atoms with Crippen molar-refractivity contribution in [2.24, 2.45) is 0 Å². The molecule has 1 heterocycles. The van der Waals surface area contributed by atoms with Gasteiger partial charge in [0.05, 0.1) is 6.61 Å². The number of aryl methyl sites for hydroxylation is 1. The van der Waals surface area contributed by atoms with Gasteiger partial charge in [0.15, 0.2) is 0 Å². The van der Waals surface area contributed by atoms with Gasteiger partial charge in [-0.3, -0.25) is 4.79 Å². The zero-order chi connectivity index (χ0) is 12.6. The third-order valence-electron chi connectivity index (χ3n) is 3.61. The molecule has 1 amide bonds. The van der Waals surface area contributed by atoms with Gasteiger partial charge in [0.2, 0.25) is 5.91 Å². The van der Waals surface area contributed by atoms with Gasteiger partial charge in [0, 0.05) is 24.6 Å². The minimum absolute atomic E-state index is 0.101. The Morgan fingerprint density at radius 2 is 2.06 bits per heavy atom. The van der Waals surface area contributed by atoms with Crippen LogP contribution in [0.1, 0.15) is 31.4 Å². The molecule has 1 N–H and O–H groups in total. The minimum atomic E-state index is -0.267. The fourth-order valence-corrected chi connectivity index (χ4v) is 2.14. The molecule has 0 saturated carbocycles. The molecule has 2 rings (SSSR count). The lowest BCUT2D eigenvalue weighted by Gasteiger charge is -2.29. The highest BCUT2D eigenvalue weighted by Crippen LogP contribution is 2.32. The molecule has 1 aromatic carbocycles. The van der Waals surface area contributed by atoms with E-state index in [1.54, 1.807) is 4.90 Å². The summed E-state index contributed by atoms with van der Waals surface area (Å²) in [5.74, 6) is 0.163. The Hall–Kier alpha value is -1.35. The Balaban J connectivity index is 2.46. The van der Waals surface area contributed by atoms with E-state index >= 15 is 0 Å². The van der Waals surface area contributed by atoms with Gasteiger partial charge >= 0.3 is 0 Å². The van der Waals surface area contributed by atoms with Crippen LogP contribution in [0.3, 0.4) is 0 Å². The quantitative estimate of drug-likeness (QED) is 0.847. The lowest BCUT2D eigenvalue weighted by molar-refractivity contribution is -0.118. The van der Waals surface area contributed by atoms with Crippen LogP contribution in [0.15, 0.2) is 18.2 Å². The predicted octanol–water partition coefficient (Wildman–Crippen LogP) is 1.87. The number of hydrogen-bond acceptors (Lipinski definition) is 2. The molecule has 0 aliphatic carbocycles. The van der Waals surface area contributed by atoms with Crippen LogP contribution >= 0.6 is 0 Å². The number of amides is 1. The van der Waals surface area contributed by atoms with Gasteiger partial charge in [0.1, 0.15) is 0 Å². The van der Waals surface area contributed by atoms with Crippen molar-refractivity contribution in [2.45, 2.75) is 32.1 Å². The lowest BCUT2D eigenvalue weighted by atomic mass is 9.84. The highest BCUT2D eigenvalue weighted by atomic mass is 16.3. The van der Waals surface area contributed by atoms with Gasteiger partial charge < -0.3 is 10.0 Å². The molecule has 0 radical (unpaired) electrons. The Kier molecular flexibility index (Phi) is 2.96. The second-order valence-electron chi connectivity index (χ2n) is 5.34. The van der Waals surface area contributed by atoms with Crippen molar-refractivity contribution in [1.82, 2.24) is 0 Å². The van der Waals surface area contributed by atoms with Gasteiger partial charge in [-0.25, -0.2) is 0 Å². The number of hydrogen-bond donors (Lipinski definition) is 1. The SMILES string of the molecule is CN1C(=O)CCc2ccc(C(C)(C)CO)cc21. The van der Waals surface area contributed by atoms with E-state index in [9.17, 15) is 9.90 Å². The molecule has 0 aromatic heterocycles. The lowest BCUT2D eigenvalue weighted by Crippen LogP contribution is -2.32. The van der Waals surface area contributed by atoms with E-state index in [0.717, 1.165) is 17.7 Å². The maximum atomic E-state index is 11.7. The van der Waals surface area contributed by atoms with Crippen molar-refractivity contribution >= 4 is 11.6 Å². The number of anilines is 1. The first-order valence-corrected chi connectivity index (χ1v) is 5.96. The molecule has 0 unspecified atom stereocenters. The van der Waals surface area contributed by atoms with Crippen molar-refractivity contribution < 1.29 is 9.90 Å². The van der Waals surface area contributed by atoms with Crippen LogP contribution in [0.2, 0.25) is 0 Å². The summed E-state index contributed by atoms with van der Waals surface area (Å²) >= 11 is 0. The standard InChI is InChI=1S/C14H19NO2/c1-14(2,9-16)11-6-4-10-5-7-13(17)15(3)12(10)8-11/h4,6,8,16H,5,7,9H2,1-3H3. The molecule has 0 fully saturated rings. The summed E-state index contributed by atoms with van der Waals surface area (Å²) in [5, 5.41) is 9.39. The average Bonchev–Trinajstić information content (AvgIpc) is 2.33. The molecule has 92 valence electrons. The maximum absolute atomic E-state index is 11.7. The second kappa shape index (κ2) is 4.15. The summed E-state index contributed by atoms with van der Waals surface area (Å²) < 4.78 is 0. The molecule has 1 aliphatic rings. The highest BCUT2D eigenvalue weighted by molar-refractivity contribution is 5.96. The summed E-state index contributed by atoms with van der Waals surface area (Å²) in [4.78, 5) is 13.4. The number of carbonyl (C=O) groups is 1. The number of fused-ring (bicyclic) bond motifs is 1. The molecule has 17 heavy (non-hydrogen) atoms. The number of nitrogens with zero attached hydrogens (tertiary/aromatic N) is 1. The molecular formula is C14H19NO2. The van der Waals surface area contributed by atoms with Crippen molar-refractivity contribution in [3.05, 3.63) is 29.3 Å². The molecule has 3 heteroatoms. The van der Waals surface area contributed by atoms with E-state index in [4.69, 9.17) is 0 Å². The average molecular weight is 233 g/mol. The van der Waals surface area contributed by atoms with Crippen LogP contribution in [-0.4, -0.2) is 24.7 Å². The first kappa shape index (κ1) is 12.1. The van der Waals surface area contributed by atoms with E-state index in [1.807, 2.05) is 27.0 Å². The third-order valence-corrected chi connectivity index (χ3v) is 3.61. The Morgan fingerprint density at radius 1 is 1.35 bits per heavy atom. The molecule has 0 bridgehead atoms. The summed E-state index contributed by atoms with van der Waals surface area (Å²) in [6, 6.07) is 6.16. The summed E-state index contributed by atoms with van der Waals surface area (Å²) in [6.07, 6.45) is 1.41. The van der Waals surface area contributed by atoms with Gasteiger partial charge in [0.25, 0.3) is 0 Å². The molecule has 1 aromatic rings. The maximum Gasteiger partial charge on any atom is 0.227 e. The molecular weight excluding hydrogens is 214 g/mol. The summed E-state index contributed by atoms with van der Waals surface area (Å²) in [6.45, 7) is 4.10. The molecule has 3 nitrogen and oxygen atoms in total. The van der Waals surface area contributed by atoms with E-state index in [2.05, 4.69) is 12.1 Å². The largest absolute Gasteiger partial charge is 0.395 e. The van der Waals surface area contributed by atoms with Crippen LogP contribution in [0, 0.1) is 0 Å². The van der Waals surface area contributed by atoms with Gasteiger partial charge in [-0.2, -0.15) is 0 Å². The monoisotopic (exact) mass is 233 g/mol. The number of aliphatic hydroxyl groups excluding tert-OH is 1. The fourth-order valence-electron chi connectivity index (χ4n) is 2.14. The van der Waals surface area contributed by atoms with E-state index < -0.39 is 0 Å². The van der Waals surface area contributed by atoms with E-state index in [0.29, 0.717) is 6.42 Å². The Bertz CT molecular complexity index is 452. The zero-order valence-corrected chi connectivity index (χ0v) is 10.7. The summed E-state index contributed by atoms with van der Waals surface area (Å²) in [7, 11) is 1.82. The molecule has 0 atom stereocenters. The Labute approximate surface area is 102 Å². The van der Waals surface area contributed by atoms with Crippen LogP contribution in [0.25, 0.3) is 0 Å². The smallest absolute Gasteiger partial charge is 0.227 e. The van der Waals surface area contributed by atoms with Gasteiger partial charge in [-0.1, -0.05) is 26.0 Å². The highest BCUT2D eigenvalue weighted by Gasteiger charge is 2.25. The number of benzene rings is 1. The minimum Gasteiger partial charge on any atom is -0.395 e. The van der Waals surface area contributed by atoms with Crippen LogP contribution in [0.5, 0.6) is 0 Å². The molecule has 1 aliphatic heterocycles. The van der Waals surface area contributed by atoms with E-state index in [-0.39, 0.29) is 17.9 Å². The van der Waals surface area contributed by atoms with Crippen molar-refractivity contribution in [3.63, 3.8) is 0 Å². The number of aliphatic hydroxyl groups is 1. The molecule has 0 spiro atoms. The Morgan fingerprint density at radius 3 is 2.71 bits per heavy atom. The second-order valence-corrected chi connectivity index (χ2v) is 5.34.